The van der Waals surface area contributed by atoms with Gasteiger partial charge in [-0.2, -0.15) is 0 Å². The summed E-state index contributed by atoms with van der Waals surface area (Å²) in [5.74, 6) is -0.0197. The molecule has 5 nitrogen and oxygen atoms in total. The fourth-order valence-electron chi connectivity index (χ4n) is 2.31. The van der Waals surface area contributed by atoms with E-state index in [-0.39, 0.29) is 16.7 Å². The molecule has 1 amide bonds. The summed E-state index contributed by atoms with van der Waals surface area (Å²) in [4.78, 5) is 12.3. The van der Waals surface area contributed by atoms with Gasteiger partial charge >= 0.3 is 0 Å². The number of carbonyl (C=O) groups excluding carboxylic acids is 1. The Labute approximate surface area is 143 Å². The van der Waals surface area contributed by atoms with Crippen LogP contribution in [-0.2, 0) is 10.0 Å². The topological polar surface area (TPSA) is 75.3 Å². The van der Waals surface area contributed by atoms with Crippen LogP contribution >= 0.6 is 0 Å². The summed E-state index contributed by atoms with van der Waals surface area (Å²) in [7, 11) is -3.50. The van der Waals surface area contributed by atoms with Gasteiger partial charge in [0.15, 0.2) is 0 Å². The van der Waals surface area contributed by atoms with Gasteiger partial charge in [-0.25, -0.2) is 13.1 Å². The number of rotatable bonds is 7. The van der Waals surface area contributed by atoms with Crippen LogP contribution in [0.1, 0.15) is 35.7 Å². The number of benzene rings is 2. The highest BCUT2D eigenvalue weighted by atomic mass is 32.2. The molecule has 0 aliphatic carbocycles. The summed E-state index contributed by atoms with van der Waals surface area (Å²) in [5, 5.41) is 2.88. The predicted octanol–water partition coefficient (Wildman–Crippen LogP) is 2.52. The van der Waals surface area contributed by atoms with Crippen molar-refractivity contribution in [3.05, 3.63) is 65.7 Å². The van der Waals surface area contributed by atoms with Crippen LogP contribution < -0.4 is 10.0 Å². The van der Waals surface area contributed by atoms with Gasteiger partial charge in [0.25, 0.3) is 5.91 Å². The van der Waals surface area contributed by atoms with E-state index in [4.69, 9.17) is 0 Å². The zero-order valence-electron chi connectivity index (χ0n) is 13.8. The van der Waals surface area contributed by atoms with Crippen LogP contribution in [0.3, 0.4) is 0 Å². The molecule has 2 N–H and O–H groups in total. The number of nitrogens with one attached hydrogen (secondary N) is 2. The number of hydrogen-bond donors (Lipinski definition) is 2. The van der Waals surface area contributed by atoms with E-state index in [0.29, 0.717) is 18.7 Å². The van der Waals surface area contributed by atoms with Gasteiger partial charge in [0, 0.05) is 18.7 Å². The smallest absolute Gasteiger partial charge is 0.251 e. The Balaban J connectivity index is 1.98. The summed E-state index contributed by atoms with van der Waals surface area (Å²) < 4.78 is 26.2. The minimum atomic E-state index is -3.50. The fourth-order valence-corrected chi connectivity index (χ4v) is 3.35. The van der Waals surface area contributed by atoms with E-state index in [2.05, 4.69) is 10.0 Å². The molecule has 1 atom stereocenters. The quantitative estimate of drug-likeness (QED) is 0.809. The predicted molar refractivity (Wildman–Crippen MR) is 94.5 cm³/mol. The van der Waals surface area contributed by atoms with Crippen LogP contribution in [0, 0.1) is 0 Å². The first-order valence-electron chi connectivity index (χ1n) is 7.87. The van der Waals surface area contributed by atoms with Gasteiger partial charge < -0.3 is 5.32 Å². The maximum absolute atomic E-state index is 12.2. The number of sulfonamides is 1. The van der Waals surface area contributed by atoms with E-state index >= 15 is 0 Å². The van der Waals surface area contributed by atoms with Gasteiger partial charge in [-0.05, 0) is 35.7 Å². The molecule has 2 rings (SSSR count). The van der Waals surface area contributed by atoms with E-state index in [1.165, 1.54) is 24.3 Å². The summed E-state index contributed by atoms with van der Waals surface area (Å²) in [6.45, 7) is 4.59. The van der Waals surface area contributed by atoms with Crippen LogP contribution in [0.25, 0.3) is 0 Å². The zero-order valence-corrected chi connectivity index (χ0v) is 14.6. The fraction of sp³-hybridized carbons (Fsp3) is 0.278. The SMILES string of the molecule is CCNS(=O)(=O)c1ccc(C(=O)NC[C@H](C)c2ccccc2)cc1. The molecule has 0 aliphatic heterocycles. The van der Waals surface area contributed by atoms with E-state index < -0.39 is 10.0 Å². The van der Waals surface area contributed by atoms with Gasteiger partial charge in [0.2, 0.25) is 10.0 Å². The third-order valence-corrected chi connectivity index (χ3v) is 5.26. The molecule has 0 fully saturated rings. The summed E-state index contributed by atoms with van der Waals surface area (Å²) in [6, 6.07) is 15.9. The standard InChI is InChI=1S/C18H22N2O3S/c1-3-20-24(22,23)17-11-9-16(10-12-17)18(21)19-13-14(2)15-7-5-4-6-8-15/h4-12,14,20H,3,13H2,1-2H3,(H,19,21)/t14-/m0/s1. The van der Waals surface area contributed by atoms with Crippen molar-refractivity contribution in [3.63, 3.8) is 0 Å². The highest BCUT2D eigenvalue weighted by Gasteiger charge is 2.14. The first-order valence-corrected chi connectivity index (χ1v) is 9.35. The Kier molecular flexibility index (Phi) is 6.11. The molecule has 0 radical (unpaired) electrons. The second-order valence-corrected chi connectivity index (χ2v) is 7.31. The highest BCUT2D eigenvalue weighted by molar-refractivity contribution is 7.89. The van der Waals surface area contributed by atoms with Crippen LogP contribution in [0.15, 0.2) is 59.5 Å². The number of carbonyl (C=O) groups is 1. The van der Waals surface area contributed by atoms with E-state index in [0.717, 1.165) is 5.56 Å². The van der Waals surface area contributed by atoms with Gasteiger partial charge in [0.05, 0.1) is 4.90 Å². The number of amides is 1. The molecule has 0 unspecified atom stereocenters. The average Bonchev–Trinajstić information content (AvgIpc) is 2.60. The Morgan fingerprint density at radius 1 is 1.04 bits per heavy atom. The molecule has 6 heteroatoms. The Bertz CT molecular complexity index is 772. The van der Waals surface area contributed by atoms with Crippen molar-refractivity contribution in [2.75, 3.05) is 13.1 Å². The van der Waals surface area contributed by atoms with Crippen LogP contribution in [-0.4, -0.2) is 27.4 Å². The zero-order chi connectivity index (χ0) is 17.6. The monoisotopic (exact) mass is 346 g/mol. The first kappa shape index (κ1) is 18.2. The van der Waals surface area contributed by atoms with E-state index in [9.17, 15) is 13.2 Å². The minimum absolute atomic E-state index is 0.151. The van der Waals surface area contributed by atoms with E-state index in [1.807, 2.05) is 37.3 Å². The van der Waals surface area contributed by atoms with Crippen molar-refractivity contribution < 1.29 is 13.2 Å². The molecule has 2 aromatic rings. The summed E-state index contributed by atoms with van der Waals surface area (Å²) in [6.07, 6.45) is 0. The first-order chi connectivity index (χ1) is 11.4. The van der Waals surface area contributed by atoms with Crippen molar-refractivity contribution in [1.29, 1.82) is 0 Å². The van der Waals surface area contributed by atoms with Crippen molar-refractivity contribution in [3.8, 4) is 0 Å². The van der Waals surface area contributed by atoms with Crippen molar-refractivity contribution >= 4 is 15.9 Å². The molecule has 0 bridgehead atoms. The van der Waals surface area contributed by atoms with Crippen molar-refractivity contribution in [1.82, 2.24) is 10.0 Å². The normalized spacial score (nSPS) is 12.6. The Morgan fingerprint density at radius 2 is 1.67 bits per heavy atom. The lowest BCUT2D eigenvalue weighted by atomic mass is 10.0. The second-order valence-electron chi connectivity index (χ2n) is 5.55. The van der Waals surface area contributed by atoms with Crippen LogP contribution in [0.4, 0.5) is 0 Å². The largest absolute Gasteiger partial charge is 0.351 e. The average molecular weight is 346 g/mol. The number of hydrogen-bond acceptors (Lipinski definition) is 3. The molecule has 128 valence electrons. The van der Waals surface area contributed by atoms with Crippen LogP contribution in [0.5, 0.6) is 0 Å². The third kappa shape index (κ3) is 4.66. The lowest BCUT2D eigenvalue weighted by Gasteiger charge is -2.13. The maximum atomic E-state index is 12.2. The molecule has 0 aliphatic rings. The summed E-state index contributed by atoms with van der Waals surface area (Å²) in [5.41, 5.74) is 1.59. The summed E-state index contributed by atoms with van der Waals surface area (Å²) >= 11 is 0. The molecule has 0 spiro atoms. The van der Waals surface area contributed by atoms with Gasteiger partial charge in [-0.15, -0.1) is 0 Å². The van der Waals surface area contributed by atoms with Crippen molar-refractivity contribution in [2.45, 2.75) is 24.7 Å². The lowest BCUT2D eigenvalue weighted by molar-refractivity contribution is 0.0951. The van der Waals surface area contributed by atoms with Crippen molar-refractivity contribution in [2.24, 2.45) is 0 Å². The minimum Gasteiger partial charge on any atom is -0.351 e. The molecule has 0 heterocycles. The molecular formula is C18H22N2O3S. The van der Waals surface area contributed by atoms with Crippen LogP contribution in [0.2, 0.25) is 0 Å². The van der Waals surface area contributed by atoms with Gasteiger partial charge in [-0.3, -0.25) is 4.79 Å². The highest BCUT2D eigenvalue weighted by Crippen LogP contribution is 2.14. The molecule has 2 aromatic carbocycles. The molecule has 0 saturated carbocycles. The maximum Gasteiger partial charge on any atom is 0.251 e. The molecule has 24 heavy (non-hydrogen) atoms. The lowest BCUT2D eigenvalue weighted by Crippen LogP contribution is -2.27. The molecular weight excluding hydrogens is 324 g/mol. The Morgan fingerprint density at radius 3 is 2.25 bits per heavy atom. The van der Waals surface area contributed by atoms with Gasteiger partial charge in [-0.1, -0.05) is 44.2 Å². The van der Waals surface area contributed by atoms with Gasteiger partial charge in [0.1, 0.15) is 0 Å². The molecule has 0 aromatic heterocycles. The third-order valence-electron chi connectivity index (χ3n) is 3.70. The van der Waals surface area contributed by atoms with E-state index in [1.54, 1.807) is 6.92 Å². The second kappa shape index (κ2) is 8.08. The molecule has 0 saturated heterocycles. The Hall–Kier alpha value is -2.18.